The molecule has 0 amide bonds. The number of benzene rings is 1. The lowest BCUT2D eigenvalue weighted by molar-refractivity contribution is 0.316. The topological polar surface area (TPSA) is 24.4 Å². The van der Waals surface area contributed by atoms with Gasteiger partial charge < -0.3 is 5.32 Å². The van der Waals surface area contributed by atoms with E-state index >= 15 is 0 Å². The lowest BCUT2D eigenvalue weighted by atomic mass is 9.85. The van der Waals surface area contributed by atoms with Gasteiger partial charge in [-0.25, -0.2) is 0 Å². The normalized spacial score (nSPS) is 20.1. The van der Waals surface area contributed by atoms with Crippen LogP contribution in [-0.2, 0) is 0 Å². The fourth-order valence-electron chi connectivity index (χ4n) is 1.90. The molecule has 0 spiro atoms. The molecule has 0 saturated heterocycles. The summed E-state index contributed by atoms with van der Waals surface area (Å²) in [4.78, 5) is 4.81. The zero-order chi connectivity index (χ0) is 14.0. The zero-order valence-corrected chi connectivity index (χ0v) is 14.5. The van der Waals surface area contributed by atoms with Crippen LogP contribution < -0.4 is 5.32 Å². The molecule has 1 aromatic rings. The molecule has 0 saturated carbocycles. The summed E-state index contributed by atoms with van der Waals surface area (Å²) in [6, 6.07) is 6.23. The molecule has 2 nitrogen and oxygen atoms in total. The second-order valence-corrected chi connectivity index (χ2v) is 8.05. The minimum absolute atomic E-state index is 0.214. The first-order chi connectivity index (χ1) is 8.86. The number of nitrogens with zero attached hydrogens (tertiary/aromatic N) is 1. The van der Waals surface area contributed by atoms with Crippen molar-refractivity contribution in [3.63, 3.8) is 0 Å². The first kappa shape index (κ1) is 15.2. The number of amidine groups is 1. The van der Waals surface area contributed by atoms with Crippen molar-refractivity contribution < 1.29 is 0 Å². The minimum Gasteiger partial charge on any atom is -0.335 e. The van der Waals surface area contributed by atoms with Gasteiger partial charge in [-0.1, -0.05) is 44.1 Å². The Morgan fingerprint density at radius 2 is 2.16 bits per heavy atom. The number of hydrogen-bond acceptors (Lipinski definition) is 3. The second-order valence-electron chi connectivity index (χ2n) is 5.71. The van der Waals surface area contributed by atoms with E-state index in [1.807, 2.05) is 18.2 Å². The fraction of sp³-hybridized carbons (Fsp3) is 0.500. The van der Waals surface area contributed by atoms with Crippen molar-refractivity contribution in [3.8, 4) is 0 Å². The van der Waals surface area contributed by atoms with Crippen molar-refractivity contribution in [1.29, 1.82) is 0 Å². The molecule has 19 heavy (non-hydrogen) atoms. The third-order valence-corrected chi connectivity index (χ3v) is 5.23. The lowest BCUT2D eigenvalue weighted by Crippen LogP contribution is -2.30. The van der Waals surface area contributed by atoms with Gasteiger partial charge in [0.2, 0.25) is 0 Å². The van der Waals surface area contributed by atoms with Crippen molar-refractivity contribution >= 4 is 50.1 Å². The smallest absolute Gasteiger partial charge is 0.161 e. The van der Waals surface area contributed by atoms with Gasteiger partial charge in [-0.15, -0.1) is 0 Å². The average Bonchev–Trinajstić information content (AvgIpc) is 2.33. The Balaban J connectivity index is 2.14. The van der Waals surface area contributed by atoms with Crippen LogP contribution in [0.1, 0.15) is 27.2 Å². The maximum absolute atomic E-state index is 6.10. The summed E-state index contributed by atoms with van der Waals surface area (Å²) < 4.78 is 0.908. The highest BCUT2D eigenvalue weighted by atomic mass is 79.9. The number of hydrogen-bond donors (Lipinski definition) is 1. The van der Waals surface area contributed by atoms with Crippen molar-refractivity contribution in [1.82, 2.24) is 0 Å². The largest absolute Gasteiger partial charge is 0.335 e. The van der Waals surface area contributed by atoms with Crippen molar-refractivity contribution in [2.45, 2.75) is 33.2 Å². The summed E-state index contributed by atoms with van der Waals surface area (Å²) >= 11 is 11.3. The van der Waals surface area contributed by atoms with Crippen LogP contribution in [0.25, 0.3) is 0 Å². The van der Waals surface area contributed by atoms with Gasteiger partial charge in [-0.2, -0.15) is 0 Å². The number of thioether (sulfide) groups is 1. The van der Waals surface area contributed by atoms with Crippen molar-refractivity contribution in [2.24, 2.45) is 10.4 Å². The van der Waals surface area contributed by atoms with E-state index < -0.39 is 0 Å². The van der Waals surface area contributed by atoms with E-state index in [0.717, 1.165) is 27.5 Å². The van der Waals surface area contributed by atoms with Crippen LogP contribution in [0.4, 0.5) is 5.69 Å². The van der Waals surface area contributed by atoms with Crippen LogP contribution in [0.2, 0.25) is 5.02 Å². The molecule has 1 aliphatic heterocycles. The molecule has 1 atom stereocenters. The van der Waals surface area contributed by atoms with Crippen LogP contribution in [0.3, 0.4) is 0 Å². The Bertz CT molecular complexity index is 497. The van der Waals surface area contributed by atoms with E-state index in [-0.39, 0.29) is 5.41 Å². The molecule has 104 valence electrons. The van der Waals surface area contributed by atoms with Gasteiger partial charge in [0, 0.05) is 15.9 Å². The van der Waals surface area contributed by atoms with E-state index in [9.17, 15) is 0 Å². The minimum atomic E-state index is 0.214. The SMILES string of the molecule is CC(C)(C)C1CCSC(Nc2ccc(Br)c(Cl)c2)=N1. The number of rotatable bonds is 1. The van der Waals surface area contributed by atoms with Crippen molar-refractivity contribution in [2.75, 3.05) is 11.1 Å². The van der Waals surface area contributed by atoms with Crippen LogP contribution in [-0.4, -0.2) is 17.0 Å². The maximum Gasteiger partial charge on any atom is 0.161 e. The quantitative estimate of drug-likeness (QED) is 0.722. The number of aliphatic imine (C=N–C) groups is 1. The van der Waals surface area contributed by atoms with E-state index in [0.29, 0.717) is 11.1 Å². The second kappa shape index (κ2) is 6.06. The molecule has 0 aromatic heterocycles. The third kappa shape index (κ3) is 4.14. The Hall–Kier alpha value is -0.190. The number of halogens is 2. The summed E-state index contributed by atoms with van der Waals surface area (Å²) in [6.45, 7) is 6.72. The molecule has 0 fully saturated rings. The van der Waals surface area contributed by atoms with Crippen LogP contribution in [0.15, 0.2) is 27.7 Å². The van der Waals surface area contributed by atoms with Gasteiger partial charge in [0.25, 0.3) is 0 Å². The summed E-state index contributed by atoms with van der Waals surface area (Å²) in [7, 11) is 0. The highest BCUT2D eigenvalue weighted by molar-refractivity contribution is 9.10. The maximum atomic E-state index is 6.10. The molecule has 0 bridgehead atoms. The summed E-state index contributed by atoms with van der Waals surface area (Å²) in [5, 5.41) is 5.06. The van der Waals surface area contributed by atoms with Crippen molar-refractivity contribution in [3.05, 3.63) is 27.7 Å². The summed E-state index contributed by atoms with van der Waals surface area (Å²) in [6.07, 6.45) is 1.14. The molecule has 1 N–H and O–H groups in total. The first-order valence-electron chi connectivity index (χ1n) is 6.29. The molecule has 0 aliphatic carbocycles. The van der Waals surface area contributed by atoms with E-state index in [1.54, 1.807) is 11.8 Å². The molecule has 5 heteroatoms. The average molecular weight is 362 g/mol. The van der Waals surface area contributed by atoms with Crippen LogP contribution >= 0.6 is 39.3 Å². The van der Waals surface area contributed by atoms with Gasteiger partial charge in [0.1, 0.15) is 0 Å². The van der Waals surface area contributed by atoms with Gasteiger partial charge in [0.05, 0.1) is 11.1 Å². The molecule has 1 unspecified atom stereocenters. The molecule has 0 radical (unpaired) electrons. The van der Waals surface area contributed by atoms with Gasteiger partial charge >= 0.3 is 0 Å². The first-order valence-corrected chi connectivity index (χ1v) is 8.44. The van der Waals surface area contributed by atoms with Gasteiger partial charge in [-0.05, 0) is 46.0 Å². The Labute approximate surface area is 132 Å². The molecular formula is C14H18BrClN2S. The monoisotopic (exact) mass is 360 g/mol. The fourth-order valence-corrected chi connectivity index (χ4v) is 3.26. The molecule has 1 aliphatic rings. The summed E-state index contributed by atoms with van der Waals surface area (Å²) in [5.74, 6) is 1.11. The highest BCUT2D eigenvalue weighted by Gasteiger charge is 2.27. The van der Waals surface area contributed by atoms with Gasteiger partial charge in [0.15, 0.2) is 5.17 Å². The van der Waals surface area contributed by atoms with E-state index in [4.69, 9.17) is 16.6 Å². The molecule has 1 aromatic carbocycles. The molecule has 1 heterocycles. The third-order valence-electron chi connectivity index (χ3n) is 3.07. The number of nitrogens with one attached hydrogen (secondary N) is 1. The Morgan fingerprint density at radius 3 is 2.79 bits per heavy atom. The highest BCUT2D eigenvalue weighted by Crippen LogP contribution is 2.32. The standard InChI is InChI=1S/C14H18BrClN2S/c1-14(2,3)12-6-7-19-13(18-12)17-9-4-5-10(15)11(16)8-9/h4-5,8,12H,6-7H2,1-3H3,(H,17,18). The summed E-state index contributed by atoms with van der Waals surface area (Å²) in [5.41, 5.74) is 1.19. The molecular weight excluding hydrogens is 344 g/mol. The van der Waals surface area contributed by atoms with E-state index in [2.05, 4.69) is 42.0 Å². The zero-order valence-electron chi connectivity index (χ0n) is 11.3. The number of anilines is 1. The Morgan fingerprint density at radius 1 is 1.42 bits per heavy atom. The van der Waals surface area contributed by atoms with Crippen LogP contribution in [0.5, 0.6) is 0 Å². The predicted octanol–water partition coefficient (Wildman–Crippen LogP) is 5.42. The van der Waals surface area contributed by atoms with E-state index in [1.165, 1.54) is 0 Å². The predicted molar refractivity (Wildman–Crippen MR) is 90.5 cm³/mol. The molecule has 2 rings (SSSR count). The van der Waals surface area contributed by atoms with Crippen LogP contribution in [0, 0.1) is 5.41 Å². The Kier molecular flexibility index (Phi) is 4.85. The van der Waals surface area contributed by atoms with Gasteiger partial charge in [-0.3, -0.25) is 4.99 Å². The lowest BCUT2D eigenvalue weighted by Gasteiger charge is -2.31.